The van der Waals surface area contributed by atoms with Gasteiger partial charge in [0.05, 0.1) is 5.39 Å². The Balaban J connectivity index is 1.52. The van der Waals surface area contributed by atoms with Crippen molar-refractivity contribution in [2.24, 2.45) is 0 Å². The van der Waals surface area contributed by atoms with Crippen LogP contribution in [0.1, 0.15) is 10.4 Å². The molecule has 4 aromatic rings. The summed E-state index contributed by atoms with van der Waals surface area (Å²) >= 11 is 5.85. The molecule has 0 aliphatic carbocycles. The first-order valence-electron chi connectivity index (χ1n) is 8.80. The van der Waals surface area contributed by atoms with E-state index in [-0.39, 0.29) is 23.6 Å². The van der Waals surface area contributed by atoms with Crippen molar-refractivity contribution in [3.05, 3.63) is 99.9 Å². The van der Waals surface area contributed by atoms with Crippen LogP contribution in [-0.4, -0.2) is 12.4 Å². The van der Waals surface area contributed by atoms with Crippen LogP contribution in [0.2, 0.25) is 5.02 Å². The lowest BCUT2D eigenvalue weighted by Gasteiger charge is -2.08. The highest BCUT2D eigenvalue weighted by atomic mass is 35.5. The Morgan fingerprint density at radius 2 is 1.66 bits per heavy atom. The monoisotopic (exact) mass is 406 g/mol. The number of ether oxygens (including phenoxy) is 2. The van der Waals surface area contributed by atoms with Gasteiger partial charge in [0.15, 0.2) is 12.4 Å². The van der Waals surface area contributed by atoms with Gasteiger partial charge in [-0.3, -0.25) is 9.59 Å². The zero-order valence-corrected chi connectivity index (χ0v) is 15.9. The zero-order chi connectivity index (χ0) is 20.2. The van der Waals surface area contributed by atoms with Gasteiger partial charge < -0.3 is 13.9 Å². The number of fused-ring (bicyclic) bond motifs is 1. The van der Waals surface area contributed by atoms with Gasteiger partial charge in [-0.25, -0.2) is 0 Å². The lowest BCUT2D eigenvalue weighted by Crippen LogP contribution is -2.11. The fourth-order valence-corrected chi connectivity index (χ4v) is 2.86. The summed E-state index contributed by atoms with van der Waals surface area (Å²) in [6, 6.07) is 20.3. The second kappa shape index (κ2) is 8.20. The van der Waals surface area contributed by atoms with Gasteiger partial charge in [-0.15, -0.1) is 0 Å². The smallest absolute Gasteiger partial charge is 0.235 e. The first-order chi connectivity index (χ1) is 14.1. The summed E-state index contributed by atoms with van der Waals surface area (Å²) < 4.78 is 16.7. The van der Waals surface area contributed by atoms with E-state index in [1.165, 1.54) is 6.26 Å². The van der Waals surface area contributed by atoms with E-state index in [0.717, 1.165) is 0 Å². The van der Waals surface area contributed by atoms with Crippen molar-refractivity contribution in [3.8, 4) is 17.2 Å². The minimum absolute atomic E-state index is 0.0627. The van der Waals surface area contributed by atoms with Crippen LogP contribution in [0.15, 0.2) is 88.3 Å². The SMILES string of the molecule is O=C(COc1ccc2c(=O)c(Oc3ccc(Cl)cc3)coc2c1)c1ccccc1. The van der Waals surface area contributed by atoms with E-state index in [4.69, 9.17) is 25.5 Å². The molecule has 0 radical (unpaired) electrons. The number of hydrogen-bond donors (Lipinski definition) is 0. The first kappa shape index (κ1) is 18.8. The van der Waals surface area contributed by atoms with Crippen molar-refractivity contribution in [2.45, 2.75) is 0 Å². The van der Waals surface area contributed by atoms with Crippen LogP contribution in [0.4, 0.5) is 0 Å². The van der Waals surface area contributed by atoms with Crippen molar-refractivity contribution in [1.29, 1.82) is 0 Å². The first-order valence-corrected chi connectivity index (χ1v) is 9.18. The summed E-state index contributed by atoms with van der Waals surface area (Å²) in [4.78, 5) is 24.8. The number of ketones is 1. The highest BCUT2D eigenvalue weighted by molar-refractivity contribution is 6.30. The average molecular weight is 407 g/mol. The van der Waals surface area contributed by atoms with Crippen LogP contribution in [-0.2, 0) is 0 Å². The molecular formula is C23H15ClO5. The molecule has 144 valence electrons. The molecule has 0 aliphatic rings. The van der Waals surface area contributed by atoms with E-state index in [1.54, 1.807) is 66.7 Å². The van der Waals surface area contributed by atoms with Crippen LogP contribution in [0.3, 0.4) is 0 Å². The van der Waals surface area contributed by atoms with Gasteiger partial charge in [0.25, 0.3) is 0 Å². The van der Waals surface area contributed by atoms with Crippen LogP contribution < -0.4 is 14.9 Å². The number of carbonyl (C=O) groups is 1. The summed E-state index contributed by atoms with van der Waals surface area (Å²) in [5.41, 5.74) is 0.597. The number of rotatable bonds is 6. The van der Waals surface area contributed by atoms with Gasteiger partial charge >= 0.3 is 0 Å². The van der Waals surface area contributed by atoms with Gasteiger partial charge in [-0.2, -0.15) is 0 Å². The van der Waals surface area contributed by atoms with E-state index in [2.05, 4.69) is 0 Å². The third-order valence-electron chi connectivity index (χ3n) is 4.22. The van der Waals surface area contributed by atoms with Crippen molar-refractivity contribution < 1.29 is 18.7 Å². The molecule has 0 N–H and O–H groups in total. The van der Waals surface area contributed by atoms with E-state index in [1.807, 2.05) is 6.07 Å². The molecule has 0 atom stereocenters. The molecule has 29 heavy (non-hydrogen) atoms. The fourth-order valence-electron chi connectivity index (χ4n) is 2.74. The lowest BCUT2D eigenvalue weighted by molar-refractivity contribution is 0.0921. The van der Waals surface area contributed by atoms with E-state index in [9.17, 15) is 9.59 Å². The molecule has 0 bridgehead atoms. The highest BCUT2D eigenvalue weighted by Crippen LogP contribution is 2.25. The normalized spacial score (nSPS) is 10.7. The molecular weight excluding hydrogens is 392 g/mol. The van der Waals surface area contributed by atoms with Gasteiger partial charge in [0.1, 0.15) is 23.3 Å². The van der Waals surface area contributed by atoms with Crippen LogP contribution in [0.25, 0.3) is 11.0 Å². The van der Waals surface area contributed by atoms with Crippen molar-refractivity contribution in [2.75, 3.05) is 6.61 Å². The molecule has 3 aromatic carbocycles. The summed E-state index contributed by atoms with van der Waals surface area (Å²) in [7, 11) is 0. The van der Waals surface area contributed by atoms with Crippen LogP contribution in [0.5, 0.6) is 17.2 Å². The number of hydrogen-bond acceptors (Lipinski definition) is 5. The number of carbonyl (C=O) groups excluding carboxylic acids is 1. The number of Topliss-reactive ketones (excluding diaryl/α,β-unsaturated/α-hetero) is 1. The Bertz CT molecular complexity index is 1210. The standard InChI is InChI=1S/C23H15ClO5/c24-16-6-8-17(9-7-16)29-22-14-28-21-12-18(10-11-19(21)23(22)26)27-13-20(25)15-4-2-1-3-5-15/h1-12,14H,13H2. The topological polar surface area (TPSA) is 65.7 Å². The minimum Gasteiger partial charge on any atom is -0.485 e. The van der Waals surface area contributed by atoms with E-state index >= 15 is 0 Å². The van der Waals surface area contributed by atoms with E-state index < -0.39 is 0 Å². The molecule has 0 saturated heterocycles. The molecule has 0 unspecified atom stereocenters. The minimum atomic E-state index is -0.312. The van der Waals surface area contributed by atoms with Gasteiger partial charge in [-0.1, -0.05) is 41.9 Å². The second-order valence-corrected chi connectivity index (χ2v) is 6.66. The summed E-state index contributed by atoms with van der Waals surface area (Å²) in [5, 5.41) is 0.916. The van der Waals surface area contributed by atoms with Crippen molar-refractivity contribution in [1.82, 2.24) is 0 Å². The van der Waals surface area contributed by atoms with Crippen LogP contribution >= 0.6 is 11.6 Å². The summed E-state index contributed by atoms with van der Waals surface area (Å²) in [6.07, 6.45) is 1.25. The molecule has 1 aromatic heterocycles. The Morgan fingerprint density at radius 1 is 0.931 bits per heavy atom. The van der Waals surface area contributed by atoms with Crippen molar-refractivity contribution >= 4 is 28.4 Å². The maximum Gasteiger partial charge on any atom is 0.235 e. The molecule has 0 aliphatic heterocycles. The van der Waals surface area contributed by atoms with Gasteiger partial charge in [0, 0.05) is 16.7 Å². The fraction of sp³-hybridized carbons (Fsp3) is 0.0435. The zero-order valence-electron chi connectivity index (χ0n) is 15.1. The largest absolute Gasteiger partial charge is 0.485 e. The predicted molar refractivity (Wildman–Crippen MR) is 110 cm³/mol. The third kappa shape index (κ3) is 4.31. The third-order valence-corrected chi connectivity index (χ3v) is 4.47. The predicted octanol–water partition coefficient (Wildman–Crippen LogP) is 5.50. The van der Waals surface area contributed by atoms with E-state index in [0.29, 0.717) is 33.1 Å². The maximum absolute atomic E-state index is 12.7. The Labute approximate surface area is 171 Å². The van der Waals surface area contributed by atoms with Crippen molar-refractivity contribution in [3.63, 3.8) is 0 Å². The molecule has 6 heteroatoms. The van der Waals surface area contributed by atoms with Gasteiger partial charge in [0.2, 0.25) is 11.2 Å². The Kier molecular flexibility index (Phi) is 5.31. The molecule has 0 amide bonds. The lowest BCUT2D eigenvalue weighted by atomic mass is 10.1. The Hall–Kier alpha value is -3.57. The van der Waals surface area contributed by atoms with Crippen LogP contribution in [0, 0.1) is 0 Å². The van der Waals surface area contributed by atoms with Gasteiger partial charge in [-0.05, 0) is 36.4 Å². The maximum atomic E-state index is 12.7. The molecule has 5 nitrogen and oxygen atoms in total. The quantitative estimate of drug-likeness (QED) is 0.395. The molecule has 0 fully saturated rings. The second-order valence-electron chi connectivity index (χ2n) is 6.22. The molecule has 0 saturated carbocycles. The number of benzene rings is 3. The molecule has 4 rings (SSSR count). The highest BCUT2D eigenvalue weighted by Gasteiger charge is 2.11. The Morgan fingerprint density at radius 3 is 2.41 bits per heavy atom. The molecule has 1 heterocycles. The average Bonchev–Trinajstić information content (AvgIpc) is 2.76. The summed E-state index contributed by atoms with van der Waals surface area (Å²) in [5.74, 6) is 0.823. The number of halogens is 1. The summed E-state index contributed by atoms with van der Waals surface area (Å²) in [6.45, 7) is -0.114. The molecule has 0 spiro atoms.